The van der Waals surface area contributed by atoms with Crippen molar-refractivity contribution in [3.8, 4) is 0 Å². The lowest BCUT2D eigenvalue weighted by Gasteiger charge is -2.35. The van der Waals surface area contributed by atoms with Gasteiger partial charge in [0.15, 0.2) is 0 Å². The van der Waals surface area contributed by atoms with Gasteiger partial charge in [-0.15, -0.1) is 11.3 Å². The molecule has 0 unspecified atom stereocenters. The molecule has 1 atom stereocenters. The van der Waals surface area contributed by atoms with Crippen LogP contribution in [0.4, 0.5) is 0 Å². The number of thiophene rings is 1. The molecule has 4 rings (SSSR count). The number of fused-ring (bicyclic) bond motifs is 1. The minimum Gasteiger partial charge on any atom is -0.368 e. The molecule has 2 aliphatic heterocycles. The van der Waals surface area contributed by atoms with Crippen LogP contribution < -0.4 is 0 Å². The highest BCUT2D eigenvalue weighted by atomic mass is 32.1. The van der Waals surface area contributed by atoms with E-state index in [4.69, 9.17) is 4.74 Å². The topological polar surface area (TPSA) is 49.9 Å². The van der Waals surface area contributed by atoms with Crippen LogP contribution in [0.5, 0.6) is 0 Å². The summed E-state index contributed by atoms with van der Waals surface area (Å²) in [7, 11) is 0. The highest BCUT2D eigenvalue weighted by Gasteiger charge is 2.31. The zero-order valence-corrected chi connectivity index (χ0v) is 14.3. The highest BCUT2D eigenvalue weighted by Crippen LogP contribution is 2.27. The Labute approximate surface area is 144 Å². The molecule has 2 fully saturated rings. The standard InChI is InChI=1S/C18H20N2O3S/c21-17(14-12-24-16-6-2-1-4-13(14)16)19-7-9-20(10-8-19)18(22)15-5-3-11-23-15/h1-2,4,6,12,15H,3,5,7-11H2/t15-/m0/s1. The summed E-state index contributed by atoms with van der Waals surface area (Å²) >= 11 is 1.60. The Morgan fingerprint density at radius 3 is 2.58 bits per heavy atom. The largest absolute Gasteiger partial charge is 0.368 e. The summed E-state index contributed by atoms with van der Waals surface area (Å²) < 4.78 is 6.61. The molecule has 0 radical (unpaired) electrons. The molecular weight excluding hydrogens is 324 g/mol. The summed E-state index contributed by atoms with van der Waals surface area (Å²) in [4.78, 5) is 28.9. The predicted molar refractivity (Wildman–Crippen MR) is 93.3 cm³/mol. The Bertz CT molecular complexity index is 758. The third-order valence-electron chi connectivity index (χ3n) is 4.80. The van der Waals surface area contributed by atoms with E-state index in [0.29, 0.717) is 32.8 Å². The lowest BCUT2D eigenvalue weighted by atomic mass is 10.1. The molecule has 126 valence electrons. The van der Waals surface area contributed by atoms with Gasteiger partial charge in [-0.3, -0.25) is 9.59 Å². The van der Waals surface area contributed by atoms with Crippen LogP contribution in [0.25, 0.3) is 10.1 Å². The second-order valence-electron chi connectivity index (χ2n) is 6.26. The van der Waals surface area contributed by atoms with Crippen molar-refractivity contribution in [1.82, 2.24) is 9.80 Å². The van der Waals surface area contributed by atoms with Gasteiger partial charge in [-0.25, -0.2) is 0 Å². The Hall–Kier alpha value is -1.92. The van der Waals surface area contributed by atoms with Crippen molar-refractivity contribution in [1.29, 1.82) is 0 Å². The van der Waals surface area contributed by atoms with Crippen LogP contribution in [-0.4, -0.2) is 60.5 Å². The maximum absolute atomic E-state index is 12.8. The monoisotopic (exact) mass is 344 g/mol. The van der Waals surface area contributed by atoms with Gasteiger partial charge in [-0.1, -0.05) is 18.2 Å². The number of hydrogen-bond acceptors (Lipinski definition) is 4. The molecule has 0 aliphatic carbocycles. The van der Waals surface area contributed by atoms with Crippen molar-refractivity contribution in [2.75, 3.05) is 32.8 Å². The average molecular weight is 344 g/mol. The number of piperazine rings is 1. The van der Waals surface area contributed by atoms with E-state index in [-0.39, 0.29) is 17.9 Å². The van der Waals surface area contributed by atoms with E-state index >= 15 is 0 Å². The molecule has 2 aliphatic rings. The van der Waals surface area contributed by atoms with E-state index in [9.17, 15) is 9.59 Å². The first-order chi connectivity index (χ1) is 11.7. The highest BCUT2D eigenvalue weighted by molar-refractivity contribution is 7.17. The van der Waals surface area contributed by atoms with E-state index in [0.717, 1.165) is 28.5 Å². The van der Waals surface area contributed by atoms with Gasteiger partial charge in [0.1, 0.15) is 6.10 Å². The number of carbonyl (C=O) groups is 2. The van der Waals surface area contributed by atoms with Gasteiger partial charge in [-0.2, -0.15) is 0 Å². The molecule has 5 nitrogen and oxygen atoms in total. The molecule has 1 aromatic heterocycles. The van der Waals surface area contributed by atoms with E-state index < -0.39 is 0 Å². The van der Waals surface area contributed by atoms with E-state index in [2.05, 4.69) is 0 Å². The van der Waals surface area contributed by atoms with Crippen LogP contribution >= 0.6 is 11.3 Å². The lowest BCUT2D eigenvalue weighted by Crippen LogP contribution is -2.52. The van der Waals surface area contributed by atoms with Gasteiger partial charge in [0.25, 0.3) is 11.8 Å². The molecule has 0 bridgehead atoms. The third kappa shape index (κ3) is 2.80. The molecule has 2 saturated heterocycles. The number of rotatable bonds is 2. The molecule has 3 heterocycles. The first-order valence-electron chi connectivity index (χ1n) is 8.40. The third-order valence-corrected chi connectivity index (χ3v) is 5.76. The van der Waals surface area contributed by atoms with Crippen LogP contribution in [-0.2, 0) is 9.53 Å². The van der Waals surface area contributed by atoms with E-state index in [1.807, 2.05) is 39.4 Å². The number of ether oxygens (including phenoxy) is 1. The van der Waals surface area contributed by atoms with Gasteiger partial charge in [-0.05, 0) is 18.9 Å². The minimum atomic E-state index is -0.270. The smallest absolute Gasteiger partial charge is 0.255 e. The molecule has 0 spiro atoms. The Kier molecular flexibility index (Phi) is 4.24. The van der Waals surface area contributed by atoms with Crippen LogP contribution in [0.3, 0.4) is 0 Å². The molecule has 2 aromatic rings. The maximum Gasteiger partial charge on any atom is 0.255 e. The van der Waals surface area contributed by atoms with Gasteiger partial charge in [0, 0.05) is 48.3 Å². The summed E-state index contributed by atoms with van der Waals surface area (Å²) in [5.74, 6) is 0.150. The molecule has 0 N–H and O–H groups in total. The fraction of sp³-hybridized carbons (Fsp3) is 0.444. The van der Waals surface area contributed by atoms with Crippen molar-refractivity contribution in [2.24, 2.45) is 0 Å². The summed E-state index contributed by atoms with van der Waals surface area (Å²) in [5, 5.41) is 2.96. The molecule has 2 amide bonds. The Morgan fingerprint density at radius 1 is 1.08 bits per heavy atom. The number of nitrogens with zero attached hydrogens (tertiary/aromatic N) is 2. The molecule has 0 saturated carbocycles. The van der Waals surface area contributed by atoms with Gasteiger partial charge in [0.05, 0.1) is 5.56 Å². The van der Waals surface area contributed by atoms with E-state index in [1.54, 1.807) is 11.3 Å². The fourth-order valence-electron chi connectivity index (χ4n) is 3.42. The van der Waals surface area contributed by atoms with Crippen molar-refractivity contribution in [3.63, 3.8) is 0 Å². The lowest BCUT2D eigenvalue weighted by molar-refractivity contribution is -0.142. The molecule has 6 heteroatoms. The predicted octanol–water partition coefficient (Wildman–Crippen LogP) is 2.36. The zero-order valence-electron chi connectivity index (χ0n) is 13.4. The second-order valence-corrected chi connectivity index (χ2v) is 7.18. The normalized spacial score (nSPS) is 21.4. The van der Waals surface area contributed by atoms with E-state index in [1.165, 1.54) is 0 Å². The average Bonchev–Trinajstić information content (AvgIpc) is 3.30. The van der Waals surface area contributed by atoms with Crippen LogP contribution in [0.2, 0.25) is 0 Å². The molecule has 24 heavy (non-hydrogen) atoms. The molecular formula is C18H20N2O3S. The maximum atomic E-state index is 12.8. The quantitative estimate of drug-likeness (QED) is 0.840. The summed E-state index contributed by atoms with van der Waals surface area (Å²) in [6.07, 6.45) is 1.51. The minimum absolute atomic E-state index is 0.0664. The Balaban J connectivity index is 1.42. The second kappa shape index (κ2) is 6.53. The first-order valence-corrected chi connectivity index (χ1v) is 9.28. The molecule has 1 aromatic carbocycles. The van der Waals surface area contributed by atoms with Gasteiger partial charge in [0.2, 0.25) is 0 Å². The van der Waals surface area contributed by atoms with Gasteiger partial charge >= 0.3 is 0 Å². The number of amides is 2. The summed E-state index contributed by atoms with van der Waals surface area (Å²) in [6, 6.07) is 7.98. The van der Waals surface area contributed by atoms with Crippen LogP contribution in [0.15, 0.2) is 29.6 Å². The van der Waals surface area contributed by atoms with Gasteiger partial charge < -0.3 is 14.5 Å². The first kappa shape index (κ1) is 15.6. The van der Waals surface area contributed by atoms with Crippen molar-refractivity contribution >= 4 is 33.2 Å². The van der Waals surface area contributed by atoms with Crippen molar-refractivity contribution in [2.45, 2.75) is 18.9 Å². The SMILES string of the molecule is O=C(c1csc2ccccc12)N1CCN(C(=O)[C@@H]2CCCO2)CC1. The zero-order chi connectivity index (χ0) is 16.5. The number of hydrogen-bond donors (Lipinski definition) is 0. The van der Waals surface area contributed by atoms with Crippen molar-refractivity contribution in [3.05, 3.63) is 35.2 Å². The van der Waals surface area contributed by atoms with Crippen LogP contribution in [0.1, 0.15) is 23.2 Å². The summed E-state index contributed by atoms with van der Waals surface area (Å²) in [6.45, 7) is 3.03. The van der Waals surface area contributed by atoms with Crippen LogP contribution in [0, 0.1) is 0 Å². The number of benzene rings is 1. The number of carbonyl (C=O) groups excluding carboxylic acids is 2. The Morgan fingerprint density at radius 2 is 1.83 bits per heavy atom. The summed E-state index contributed by atoms with van der Waals surface area (Å²) in [5.41, 5.74) is 0.773. The fourth-order valence-corrected chi connectivity index (χ4v) is 4.35. The van der Waals surface area contributed by atoms with Crippen molar-refractivity contribution < 1.29 is 14.3 Å².